The predicted octanol–water partition coefficient (Wildman–Crippen LogP) is 3.63. The number of ether oxygens (including phenoxy) is 2. The molecule has 5 heteroatoms. The maximum atomic E-state index is 13.4. The van der Waals surface area contributed by atoms with Gasteiger partial charge in [0.1, 0.15) is 12.4 Å². The van der Waals surface area contributed by atoms with Gasteiger partial charge in [-0.2, -0.15) is 0 Å². The third-order valence-corrected chi connectivity index (χ3v) is 3.79. The molecule has 2 aromatic carbocycles. The molecule has 0 fully saturated rings. The van der Waals surface area contributed by atoms with Gasteiger partial charge < -0.3 is 15.2 Å². The topological polar surface area (TPSA) is 44.5 Å². The second-order valence-electron chi connectivity index (χ2n) is 4.15. The van der Waals surface area contributed by atoms with Crippen LogP contribution in [0.5, 0.6) is 11.5 Å². The van der Waals surface area contributed by atoms with Gasteiger partial charge in [0.05, 0.1) is 11.6 Å². The van der Waals surface area contributed by atoms with Gasteiger partial charge in [0.15, 0.2) is 11.5 Å². The molecule has 2 rings (SSSR count). The molecule has 0 radical (unpaired) electrons. The first kappa shape index (κ1) is 14.8. The van der Waals surface area contributed by atoms with Crippen molar-refractivity contribution in [1.82, 2.24) is 0 Å². The van der Waals surface area contributed by atoms with E-state index >= 15 is 0 Å². The van der Waals surface area contributed by atoms with Crippen molar-refractivity contribution in [3.8, 4) is 11.5 Å². The first-order valence-corrected chi connectivity index (χ1v) is 6.88. The number of rotatable bonds is 5. The molecule has 0 aliphatic rings. The molecule has 0 unspecified atom stereocenters. The molecule has 0 aliphatic carbocycles. The Morgan fingerprint density at radius 3 is 2.55 bits per heavy atom. The van der Waals surface area contributed by atoms with Crippen LogP contribution in [0.4, 0.5) is 4.39 Å². The molecule has 0 aromatic heterocycles. The SMILES string of the molecule is COc1cccc(CN)c1OCc1cccc(F)c1Br. The number of para-hydroxylation sites is 1. The Balaban J connectivity index is 2.24. The Hall–Kier alpha value is -1.59. The van der Waals surface area contributed by atoms with Gasteiger partial charge in [-0.1, -0.05) is 24.3 Å². The minimum absolute atomic E-state index is 0.228. The molecule has 0 bridgehead atoms. The molecule has 2 N–H and O–H groups in total. The van der Waals surface area contributed by atoms with Crippen LogP contribution in [-0.4, -0.2) is 7.11 Å². The summed E-state index contributed by atoms with van der Waals surface area (Å²) < 4.78 is 24.9. The van der Waals surface area contributed by atoms with Crippen molar-refractivity contribution in [2.24, 2.45) is 5.73 Å². The van der Waals surface area contributed by atoms with Crippen LogP contribution in [0.3, 0.4) is 0 Å². The average Bonchev–Trinajstić information content (AvgIpc) is 2.48. The normalized spacial score (nSPS) is 10.4. The molecular weight excluding hydrogens is 325 g/mol. The van der Waals surface area contributed by atoms with E-state index in [4.69, 9.17) is 15.2 Å². The lowest BCUT2D eigenvalue weighted by atomic mass is 10.2. The number of benzene rings is 2. The molecule has 2 aromatic rings. The highest BCUT2D eigenvalue weighted by Crippen LogP contribution is 2.32. The second-order valence-corrected chi connectivity index (χ2v) is 4.95. The second kappa shape index (κ2) is 6.72. The molecule has 0 atom stereocenters. The van der Waals surface area contributed by atoms with E-state index in [0.29, 0.717) is 22.5 Å². The third kappa shape index (κ3) is 3.11. The molecule has 106 valence electrons. The van der Waals surface area contributed by atoms with Crippen molar-refractivity contribution in [3.63, 3.8) is 0 Å². The van der Waals surface area contributed by atoms with Crippen LogP contribution in [-0.2, 0) is 13.2 Å². The highest BCUT2D eigenvalue weighted by atomic mass is 79.9. The maximum absolute atomic E-state index is 13.4. The van der Waals surface area contributed by atoms with E-state index < -0.39 is 0 Å². The molecular formula is C15H15BrFNO2. The van der Waals surface area contributed by atoms with Gasteiger partial charge in [0.25, 0.3) is 0 Å². The molecule has 20 heavy (non-hydrogen) atoms. The number of methoxy groups -OCH3 is 1. The Kier molecular flexibility index (Phi) is 4.98. The lowest BCUT2D eigenvalue weighted by Gasteiger charge is -2.15. The summed E-state index contributed by atoms with van der Waals surface area (Å²) in [7, 11) is 1.57. The summed E-state index contributed by atoms with van der Waals surface area (Å²) in [5.41, 5.74) is 7.26. The number of hydrogen-bond acceptors (Lipinski definition) is 3. The zero-order valence-electron chi connectivity index (χ0n) is 11.0. The predicted molar refractivity (Wildman–Crippen MR) is 79.3 cm³/mol. The lowest BCUT2D eigenvalue weighted by Crippen LogP contribution is -2.05. The Morgan fingerprint density at radius 2 is 1.85 bits per heavy atom. The summed E-state index contributed by atoms with van der Waals surface area (Å²) in [4.78, 5) is 0. The third-order valence-electron chi connectivity index (χ3n) is 2.90. The van der Waals surface area contributed by atoms with Gasteiger partial charge in [-0.25, -0.2) is 4.39 Å². The monoisotopic (exact) mass is 339 g/mol. The van der Waals surface area contributed by atoms with Crippen molar-refractivity contribution in [1.29, 1.82) is 0 Å². The molecule has 0 amide bonds. The lowest BCUT2D eigenvalue weighted by molar-refractivity contribution is 0.280. The van der Waals surface area contributed by atoms with E-state index in [1.54, 1.807) is 25.3 Å². The van der Waals surface area contributed by atoms with Gasteiger partial charge in [-0.3, -0.25) is 0 Å². The van der Waals surface area contributed by atoms with Crippen LogP contribution >= 0.6 is 15.9 Å². The molecule has 0 saturated heterocycles. The van der Waals surface area contributed by atoms with Crippen molar-refractivity contribution in [2.75, 3.05) is 7.11 Å². The van der Waals surface area contributed by atoms with Gasteiger partial charge >= 0.3 is 0 Å². The quantitative estimate of drug-likeness (QED) is 0.904. The highest BCUT2D eigenvalue weighted by molar-refractivity contribution is 9.10. The smallest absolute Gasteiger partial charge is 0.166 e. The zero-order valence-corrected chi connectivity index (χ0v) is 12.6. The number of hydrogen-bond donors (Lipinski definition) is 1. The number of halogens is 2. The van der Waals surface area contributed by atoms with Crippen molar-refractivity contribution in [2.45, 2.75) is 13.2 Å². The van der Waals surface area contributed by atoms with Gasteiger partial charge in [-0.15, -0.1) is 0 Å². The van der Waals surface area contributed by atoms with E-state index in [9.17, 15) is 4.39 Å². The zero-order chi connectivity index (χ0) is 14.5. The van der Waals surface area contributed by atoms with Crippen LogP contribution < -0.4 is 15.2 Å². The molecule has 0 saturated carbocycles. The Labute approximate surface area is 125 Å². The van der Waals surface area contributed by atoms with Gasteiger partial charge in [0.2, 0.25) is 0 Å². The average molecular weight is 340 g/mol. The first-order chi connectivity index (χ1) is 9.67. The van der Waals surface area contributed by atoms with Crippen LogP contribution in [0.2, 0.25) is 0 Å². The summed E-state index contributed by atoms with van der Waals surface area (Å²) in [6.45, 7) is 0.572. The van der Waals surface area contributed by atoms with E-state index in [-0.39, 0.29) is 12.4 Å². The maximum Gasteiger partial charge on any atom is 0.166 e. The Morgan fingerprint density at radius 1 is 1.15 bits per heavy atom. The first-order valence-electron chi connectivity index (χ1n) is 6.09. The summed E-state index contributed by atoms with van der Waals surface area (Å²) in [6, 6.07) is 10.4. The fourth-order valence-corrected chi connectivity index (χ4v) is 2.24. The number of nitrogens with two attached hydrogens (primary N) is 1. The van der Waals surface area contributed by atoms with Crippen LogP contribution in [0.25, 0.3) is 0 Å². The largest absolute Gasteiger partial charge is 0.493 e. The minimum Gasteiger partial charge on any atom is -0.493 e. The molecule has 0 aliphatic heterocycles. The van der Waals surface area contributed by atoms with E-state index in [1.165, 1.54) is 6.07 Å². The van der Waals surface area contributed by atoms with Crippen LogP contribution in [0, 0.1) is 5.82 Å². The van der Waals surface area contributed by atoms with Crippen molar-refractivity contribution < 1.29 is 13.9 Å². The molecule has 0 spiro atoms. The van der Waals surface area contributed by atoms with Crippen LogP contribution in [0.15, 0.2) is 40.9 Å². The summed E-state index contributed by atoms with van der Waals surface area (Å²) in [6.07, 6.45) is 0. The van der Waals surface area contributed by atoms with Gasteiger partial charge in [-0.05, 0) is 28.1 Å². The van der Waals surface area contributed by atoms with E-state index in [1.807, 2.05) is 12.1 Å². The fourth-order valence-electron chi connectivity index (χ4n) is 1.86. The van der Waals surface area contributed by atoms with E-state index in [2.05, 4.69) is 15.9 Å². The fraction of sp³-hybridized carbons (Fsp3) is 0.200. The standard InChI is InChI=1S/C15H15BrFNO2/c1-19-13-7-3-4-10(8-18)15(13)20-9-11-5-2-6-12(17)14(11)16/h2-7H,8-9,18H2,1H3. The van der Waals surface area contributed by atoms with Crippen LogP contribution in [0.1, 0.15) is 11.1 Å². The van der Waals surface area contributed by atoms with Crippen molar-refractivity contribution in [3.05, 3.63) is 57.8 Å². The highest BCUT2D eigenvalue weighted by Gasteiger charge is 2.11. The summed E-state index contributed by atoms with van der Waals surface area (Å²) in [5, 5.41) is 0. The molecule has 3 nitrogen and oxygen atoms in total. The Bertz CT molecular complexity index is 582. The van der Waals surface area contributed by atoms with E-state index in [0.717, 1.165) is 11.1 Å². The summed E-state index contributed by atoms with van der Waals surface area (Å²) in [5.74, 6) is 0.888. The minimum atomic E-state index is -0.315. The molecule has 0 heterocycles. The summed E-state index contributed by atoms with van der Waals surface area (Å²) >= 11 is 3.21. The van der Waals surface area contributed by atoms with Gasteiger partial charge in [0, 0.05) is 17.7 Å². The van der Waals surface area contributed by atoms with Crippen molar-refractivity contribution >= 4 is 15.9 Å².